The average molecular weight is 185 g/mol. The van der Waals surface area contributed by atoms with E-state index in [2.05, 4.69) is 25.7 Å². The van der Waals surface area contributed by atoms with Gasteiger partial charge in [0, 0.05) is 12.0 Å². The van der Waals surface area contributed by atoms with Crippen molar-refractivity contribution in [3.63, 3.8) is 0 Å². The monoisotopic (exact) mass is 185 g/mol. The molecule has 0 bridgehead atoms. The van der Waals surface area contributed by atoms with E-state index in [9.17, 15) is 4.79 Å². The SMILES string of the molecule is CCCC(=O)CN(C)C(C)(C)CC. The van der Waals surface area contributed by atoms with E-state index < -0.39 is 0 Å². The van der Waals surface area contributed by atoms with Gasteiger partial charge in [-0.1, -0.05) is 13.8 Å². The molecule has 0 fully saturated rings. The van der Waals surface area contributed by atoms with Gasteiger partial charge in [-0.3, -0.25) is 9.69 Å². The number of carbonyl (C=O) groups is 1. The molecular weight excluding hydrogens is 162 g/mol. The molecule has 0 aliphatic heterocycles. The predicted molar refractivity (Wildman–Crippen MR) is 56.9 cm³/mol. The molecule has 0 saturated heterocycles. The molecule has 0 radical (unpaired) electrons. The van der Waals surface area contributed by atoms with Gasteiger partial charge < -0.3 is 0 Å². The topological polar surface area (TPSA) is 20.3 Å². The summed E-state index contributed by atoms with van der Waals surface area (Å²) in [6.07, 6.45) is 2.74. The molecule has 0 rings (SSSR count). The van der Waals surface area contributed by atoms with Crippen LogP contribution in [0.1, 0.15) is 47.0 Å². The minimum absolute atomic E-state index is 0.142. The van der Waals surface area contributed by atoms with Gasteiger partial charge in [0.2, 0.25) is 0 Å². The van der Waals surface area contributed by atoms with Gasteiger partial charge in [0.1, 0.15) is 5.78 Å². The number of carbonyl (C=O) groups excluding carboxylic acids is 1. The summed E-state index contributed by atoms with van der Waals surface area (Å²) in [6.45, 7) is 9.14. The van der Waals surface area contributed by atoms with Crippen LogP contribution in [-0.4, -0.2) is 29.8 Å². The van der Waals surface area contributed by atoms with E-state index in [1.54, 1.807) is 0 Å². The molecule has 2 heteroatoms. The first kappa shape index (κ1) is 12.6. The van der Waals surface area contributed by atoms with Crippen LogP contribution >= 0.6 is 0 Å². The zero-order chi connectivity index (χ0) is 10.5. The Balaban J connectivity index is 3.99. The molecule has 0 aliphatic carbocycles. The predicted octanol–water partition coefficient (Wildman–Crippen LogP) is 2.48. The molecule has 0 aromatic carbocycles. The third-order valence-electron chi connectivity index (χ3n) is 2.84. The van der Waals surface area contributed by atoms with Crippen LogP contribution in [0.15, 0.2) is 0 Å². The van der Waals surface area contributed by atoms with Gasteiger partial charge in [-0.15, -0.1) is 0 Å². The maximum atomic E-state index is 11.4. The molecule has 0 aliphatic rings. The number of hydrogen-bond acceptors (Lipinski definition) is 2. The summed E-state index contributed by atoms with van der Waals surface area (Å²) in [6, 6.07) is 0. The normalized spacial score (nSPS) is 12.2. The molecule has 0 amide bonds. The van der Waals surface area contributed by atoms with Gasteiger partial charge in [0.15, 0.2) is 0 Å². The molecule has 0 atom stereocenters. The molecule has 0 saturated carbocycles. The van der Waals surface area contributed by atoms with Gasteiger partial charge in [-0.05, 0) is 33.7 Å². The molecule has 0 unspecified atom stereocenters. The fourth-order valence-electron chi connectivity index (χ4n) is 1.11. The van der Waals surface area contributed by atoms with E-state index in [4.69, 9.17) is 0 Å². The summed E-state index contributed by atoms with van der Waals surface area (Å²) >= 11 is 0. The lowest BCUT2D eigenvalue weighted by Crippen LogP contribution is -2.43. The van der Waals surface area contributed by atoms with Gasteiger partial charge in [-0.25, -0.2) is 0 Å². The second kappa shape index (κ2) is 5.38. The minimum Gasteiger partial charge on any atom is -0.298 e. The molecule has 0 N–H and O–H groups in total. The van der Waals surface area contributed by atoms with Crippen molar-refractivity contribution in [2.24, 2.45) is 0 Å². The molecule has 0 heterocycles. The van der Waals surface area contributed by atoms with Crippen molar-refractivity contribution in [3.05, 3.63) is 0 Å². The highest BCUT2D eigenvalue weighted by Crippen LogP contribution is 2.15. The van der Waals surface area contributed by atoms with Crippen molar-refractivity contribution in [3.8, 4) is 0 Å². The standard InChI is InChI=1S/C11H23NO/c1-6-8-10(13)9-12(5)11(3,4)7-2/h6-9H2,1-5H3. The van der Waals surface area contributed by atoms with Gasteiger partial charge in [-0.2, -0.15) is 0 Å². The Labute approximate surface area is 82.3 Å². The third kappa shape index (κ3) is 4.41. The molecule has 0 aromatic rings. The van der Waals surface area contributed by atoms with Crippen molar-refractivity contribution in [2.45, 2.75) is 52.5 Å². The van der Waals surface area contributed by atoms with Crippen LogP contribution in [-0.2, 0) is 4.79 Å². The van der Waals surface area contributed by atoms with E-state index in [1.165, 1.54) is 0 Å². The number of hydrogen-bond donors (Lipinski definition) is 0. The van der Waals surface area contributed by atoms with Crippen LogP contribution in [0, 0.1) is 0 Å². The lowest BCUT2D eigenvalue weighted by molar-refractivity contribution is -0.121. The zero-order valence-electron chi connectivity index (χ0n) is 9.68. The van der Waals surface area contributed by atoms with Crippen LogP contribution in [0.3, 0.4) is 0 Å². The second-order valence-electron chi connectivity index (χ2n) is 4.31. The number of Topliss-reactive ketones (excluding diaryl/α,β-unsaturated/α-hetero) is 1. The number of ketones is 1. The average Bonchev–Trinajstić information content (AvgIpc) is 2.04. The first-order valence-electron chi connectivity index (χ1n) is 5.17. The van der Waals surface area contributed by atoms with Gasteiger partial charge in [0.05, 0.1) is 6.54 Å². The van der Waals surface area contributed by atoms with Crippen molar-refractivity contribution in [1.29, 1.82) is 0 Å². The fraction of sp³-hybridized carbons (Fsp3) is 0.909. The quantitative estimate of drug-likeness (QED) is 0.633. The largest absolute Gasteiger partial charge is 0.298 e. The van der Waals surface area contributed by atoms with Crippen molar-refractivity contribution < 1.29 is 4.79 Å². The lowest BCUT2D eigenvalue weighted by atomic mass is 9.99. The molecule has 78 valence electrons. The Kier molecular flexibility index (Phi) is 5.23. The molecule has 0 spiro atoms. The summed E-state index contributed by atoms with van der Waals surface area (Å²) in [5.74, 6) is 0.353. The molecule has 0 aromatic heterocycles. The molecule has 13 heavy (non-hydrogen) atoms. The van der Waals surface area contributed by atoms with Crippen LogP contribution in [0.25, 0.3) is 0 Å². The summed E-state index contributed by atoms with van der Waals surface area (Å²) in [5.41, 5.74) is 0.142. The van der Waals surface area contributed by atoms with Crippen molar-refractivity contribution in [1.82, 2.24) is 4.90 Å². The van der Waals surface area contributed by atoms with E-state index in [-0.39, 0.29) is 5.54 Å². The summed E-state index contributed by atoms with van der Waals surface area (Å²) in [5, 5.41) is 0. The number of nitrogens with zero attached hydrogens (tertiary/aromatic N) is 1. The zero-order valence-corrected chi connectivity index (χ0v) is 9.68. The molecular formula is C11H23NO. The van der Waals surface area contributed by atoms with Crippen molar-refractivity contribution >= 4 is 5.78 Å². The Morgan fingerprint density at radius 2 is 1.85 bits per heavy atom. The summed E-state index contributed by atoms with van der Waals surface area (Å²) in [4.78, 5) is 13.5. The highest BCUT2D eigenvalue weighted by atomic mass is 16.1. The Bertz CT molecular complexity index is 163. The lowest BCUT2D eigenvalue weighted by Gasteiger charge is -2.34. The van der Waals surface area contributed by atoms with E-state index >= 15 is 0 Å². The Morgan fingerprint density at radius 3 is 2.23 bits per heavy atom. The minimum atomic E-state index is 0.142. The van der Waals surface area contributed by atoms with Gasteiger partial charge in [0.25, 0.3) is 0 Å². The fourth-order valence-corrected chi connectivity index (χ4v) is 1.11. The highest BCUT2D eigenvalue weighted by Gasteiger charge is 2.22. The summed E-state index contributed by atoms with van der Waals surface area (Å²) < 4.78 is 0. The Morgan fingerprint density at radius 1 is 1.31 bits per heavy atom. The first-order chi connectivity index (χ1) is 5.94. The maximum absolute atomic E-state index is 11.4. The first-order valence-corrected chi connectivity index (χ1v) is 5.17. The highest BCUT2D eigenvalue weighted by molar-refractivity contribution is 5.80. The number of rotatable bonds is 6. The van der Waals surface area contributed by atoms with Gasteiger partial charge >= 0.3 is 0 Å². The van der Waals surface area contributed by atoms with E-state index in [1.807, 2.05) is 14.0 Å². The Hall–Kier alpha value is -0.370. The maximum Gasteiger partial charge on any atom is 0.146 e. The smallest absolute Gasteiger partial charge is 0.146 e. The van der Waals surface area contributed by atoms with Crippen LogP contribution in [0.5, 0.6) is 0 Å². The van der Waals surface area contributed by atoms with E-state index in [0.717, 1.165) is 12.8 Å². The van der Waals surface area contributed by atoms with Crippen LogP contribution in [0.2, 0.25) is 0 Å². The van der Waals surface area contributed by atoms with E-state index in [0.29, 0.717) is 18.7 Å². The van der Waals surface area contributed by atoms with Crippen LogP contribution < -0.4 is 0 Å². The third-order valence-corrected chi connectivity index (χ3v) is 2.84. The second-order valence-corrected chi connectivity index (χ2v) is 4.31. The number of likely N-dealkylation sites (N-methyl/N-ethyl adjacent to an activating group) is 1. The van der Waals surface area contributed by atoms with Crippen molar-refractivity contribution in [2.75, 3.05) is 13.6 Å². The van der Waals surface area contributed by atoms with Crippen LogP contribution in [0.4, 0.5) is 0 Å². The molecule has 2 nitrogen and oxygen atoms in total. The summed E-state index contributed by atoms with van der Waals surface area (Å²) in [7, 11) is 2.02.